The van der Waals surface area contributed by atoms with Crippen molar-refractivity contribution in [2.45, 2.75) is 53.4 Å². The second-order valence-corrected chi connectivity index (χ2v) is 4.19. The summed E-state index contributed by atoms with van der Waals surface area (Å²) >= 11 is 0. The zero-order chi connectivity index (χ0) is 8.74. The molecule has 0 nitrogen and oxygen atoms in total. The highest BCUT2D eigenvalue weighted by Crippen LogP contribution is 2.16. The Kier molecular flexibility index (Phi) is 5.03. The van der Waals surface area contributed by atoms with Gasteiger partial charge in [-0.3, -0.25) is 0 Å². The standard InChI is InChI=1S/C11H20/c1-5-6-7-8-9-10-11(2,3)4/h5-7,10H2,1-4H3. The molecule has 0 aromatic carbocycles. The van der Waals surface area contributed by atoms with Crippen molar-refractivity contribution >= 4 is 0 Å². The molecule has 0 rings (SSSR count). The SMILES string of the molecule is CCCCC#CCC(C)(C)C. The van der Waals surface area contributed by atoms with E-state index in [4.69, 9.17) is 0 Å². The third-order valence-electron chi connectivity index (χ3n) is 1.40. The topological polar surface area (TPSA) is 0 Å². The van der Waals surface area contributed by atoms with Crippen LogP contribution in [0.25, 0.3) is 0 Å². The normalized spacial score (nSPS) is 10.5. The van der Waals surface area contributed by atoms with E-state index >= 15 is 0 Å². The summed E-state index contributed by atoms with van der Waals surface area (Å²) in [5.41, 5.74) is 0.374. The molecular formula is C11H20. The first-order valence-electron chi connectivity index (χ1n) is 4.52. The largest absolute Gasteiger partial charge is 0.103 e. The Morgan fingerprint density at radius 2 is 1.73 bits per heavy atom. The van der Waals surface area contributed by atoms with Crippen LogP contribution in [-0.4, -0.2) is 0 Å². The third-order valence-corrected chi connectivity index (χ3v) is 1.40. The van der Waals surface area contributed by atoms with E-state index in [0.29, 0.717) is 5.41 Å². The highest BCUT2D eigenvalue weighted by Gasteiger charge is 2.06. The van der Waals surface area contributed by atoms with Crippen LogP contribution in [-0.2, 0) is 0 Å². The summed E-state index contributed by atoms with van der Waals surface area (Å²) < 4.78 is 0. The second kappa shape index (κ2) is 5.24. The average molecular weight is 152 g/mol. The Bertz CT molecular complexity index is 138. The molecule has 0 radical (unpaired) electrons. The Morgan fingerprint density at radius 1 is 1.09 bits per heavy atom. The minimum atomic E-state index is 0.374. The summed E-state index contributed by atoms with van der Waals surface area (Å²) in [5.74, 6) is 6.40. The Morgan fingerprint density at radius 3 is 2.18 bits per heavy atom. The van der Waals surface area contributed by atoms with E-state index in [-0.39, 0.29) is 0 Å². The van der Waals surface area contributed by atoms with Gasteiger partial charge in [0.05, 0.1) is 0 Å². The van der Waals surface area contributed by atoms with Gasteiger partial charge >= 0.3 is 0 Å². The van der Waals surface area contributed by atoms with Crippen molar-refractivity contribution in [1.82, 2.24) is 0 Å². The quantitative estimate of drug-likeness (QED) is 0.419. The van der Waals surface area contributed by atoms with E-state index in [2.05, 4.69) is 39.5 Å². The van der Waals surface area contributed by atoms with E-state index in [1.54, 1.807) is 0 Å². The molecule has 0 unspecified atom stereocenters. The maximum Gasteiger partial charge on any atom is 0.0137 e. The van der Waals surface area contributed by atoms with Crippen LogP contribution in [0.3, 0.4) is 0 Å². The molecule has 0 aliphatic rings. The lowest BCUT2D eigenvalue weighted by Gasteiger charge is -2.12. The summed E-state index contributed by atoms with van der Waals surface area (Å²) in [4.78, 5) is 0. The van der Waals surface area contributed by atoms with Crippen molar-refractivity contribution in [1.29, 1.82) is 0 Å². The minimum absolute atomic E-state index is 0.374. The monoisotopic (exact) mass is 152 g/mol. The molecule has 11 heavy (non-hydrogen) atoms. The van der Waals surface area contributed by atoms with Crippen molar-refractivity contribution in [3.8, 4) is 11.8 Å². The molecule has 0 N–H and O–H groups in total. The second-order valence-electron chi connectivity index (χ2n) is 4.19. The van der Waals surface area contributed by atoms with Gasteiger partial charge in [-0.15, -0.1) is 11.8 Å². The number of hydrogen-bond acceptors (Lipinski definition) is 0. The predicted octanol–water partition coefficient (Wildman–Crippen LogP) is 3.62. The van der Waals surface area contributed by atoms with Crippen LogP contribution in [0.4, 0.5) is 0 Å². The highest BCUT2D eigenvalue weighted by molar-refractivity contribution is 5.00. The molecule has 0 aromatic heterocycles. The molecule has 0 aromatic rings. The van der Waals surface area contributed by atoms with E-state index in [1.807, 2.05) is 0 Å². The van der Waals surface area contributed by atoms with Crippen molar-refractivity contribution in [3.63, 3.8) is 0 Å². The molecular weight excluding hydrogens is 132 g/mol. The lowest BCUT2D eigenvalue weighted by Crippen LogP contribution is -2.01. The number of rotatable bonds is 2. The van der Waals surface area contributed by atoms with Crippen LogP contribution in [0.15, 0.2) is 0 Å². The van der Waals surface area contributed by atoms with Gasteiger partial charge in [0.25, 0.3) is 0 Å². The Labute approximate surface area is 71.4 Å². The van der Waals surface area contributed by atoms with Gasteiger partial charge in [0.2, 0.25) is 0 Å². The van der Waals surface area contributed by atoms with Crippen molar-refractivity contribution in [3.05, 3.63) is 0 Å². The van der Waals surface area contributed by atoms with Gasteiger partial charge in [-0.25, -0.2) is 0 Å². The average Bonchev–Trinajstić information content (AvgIpc) is 1.85. The summed E-state index contributed by atoms with van der Waals surface area (Å²) in [6.07, 6.45) is 4.60. The Hall–Kier alpha value is -0.440. The molecule has 0 bridgehead atoms. The van der Waals surface area contributed by atoms with E-state index in [0.717, 1.165) is 12.8 Å². The minimum Gasteiger partial charge on any atom is -0.103 e. The first kappa shape index (κ1) is 10.6. The van der Waals surface area contributed by atoms with Crippen LogP contribution in [0, 0.1) is 17.3 Å². The molecule has 0 aliphatic carbocycles. The third kappa shape index (κ3) is 9.56. The molecule has 0 saturated heterocycles. The molecule has 0 heterocycles. The van der Waals surface area contributed by atoms with Crippen molar-refractivity contribution in [2.75, 3.05) is 0 Å². The van der Waals surface area contributed by atoms with Gasteiger partial charge in [0.1, 0.15) is 0 Å². The molecule has 64 valence electrons. The van der Waals surface area contributed by atoms with Gasteiger partial charge in [0.15, 0.2) is 0 Å². The van der Waals surface area contributed by atoms with E-state index < -0.39 is 0 Å². The van der Waals surface area contributed by atoms with Gasteiger partial charge < -0.3 is 0 Å². The number of hydrogen-bond donors (Lipinski definition) is 0. The lowest BCUT2D eigenvalue weighted by atomic mass is 9.93. The van der Waals surface area contributed by atoms with Crippen LogP contribution >= 0.6 is 0 Å². The first-order valence-corrected chi connectivity index (χ1v) is 4.52. The summed E-state index contributed by atoms with van der Waals surface area (Å²) in [6, 6.07) is 0. The van der Waals surface area contributed by atoms with Gasteiger partial charge in [0, 0.05) is 12.8 Å². The van der Waals surface area contributed by atoms with Gasteiger partial charge in [-0.2, -0.15) is 0 Å². The molecule has 0 aliphatic heterocycles. The molecule has 0 saturated carbocycles. The van der Waals surface area contributed by atoms with Crippen LogP contribution in [0.1, 0.15) is 53.4 Å². The smallest absolute Gasteiger partial charge is 0.0137 e. The maximum atomic E-state index is 3.21. The molecule has 0 heteroatoms. The van der Waals surface area contributed by atoms with E-state index in [9.17, 15) is 0 Å². The summed E-state index contributed by atoms with van der Waals surface area (Å²) in [6.45, 7) is 8.87. The van der Waals surface area contributed by atoms with Crippen molar-refractivity contribution in [2.24, 2.45) is 5.41 Å². The molecule has 0 fully saturated rings. The lowest BCUT2D eigenvalue weighted by molar-refractivity contribution is 0.427. The zero-order valence-electron chi connectivity index (χ0n) is 8.33. The number of unbranched alkanes of at least 4 members (excludes halogenated alkanes) is 2. The molecule has 0 spiro atoms. The van der Waals surface area contributed by atoms with Crippen molar-refractivity contribution < 1.29 is 0 Å². The van der Waals surface area contributed by atoms with E-state index in [1.165, 1.54) is 12.8 Å². The maximum absolute atomic E-state index is 3.21. The van der Waals surface area contributed by atoms with Crippen LogP contribution < -0.4 is 0 Å². The fraction of sp³-hybridized carbons (Fsp3) is 0.818. The summed E-state index contributed by atoms with van der Waals surface area (Å²) in [7, 11) is 0. The highest BCUT2D eigenvalue weighted by atomic mass is 14.1. The van der Waals surface area contributed by atoms with Gasteiger partial charge in [-0.1, -0.05) is 34.1 Å². The van der Waals surface area contributed by atoms with Gasteiger partial charge in [-0.05, 0) is 11.8 Å². The Balaban J connectivity index is 3.41. The van der Waals surface area contributed by atoms with Crippen LogP contribution in [0.2, 0.25) is 0 Å². The molecule has 0 amide bonds. The fourth-order valence-electron chi connectivity index (χ4n) is 0.681. The summed E-state index contributed by atoms with van der Waals surface area (Å²) in [5, 5.41) is 0. The molecule has 0 atom stereocenters. The zero-order valence-corrected chi connectivity index (χ0v) is 8.33. The fourth-order valence-corrected chi connectivity index (χ4v) is 0.681. The predicted molar refractivity (Wildman–Crippen MR) is 51.4 cm³/mol. The van der Waals surface area contributed by atoms with Crippen LogP contribution in [0.5, 0.6) is 0 Å². The first-order chi connectivity index (χ1) is 5.06.